The molecular formula is C62H78N12O8S. The summed E-state index contributed by atoms with van der Waals surface area (Å²) in [7, 11) is 0. The van der Waals surface area contributed by atoms with Crippen molar-refractivity contribution in [2.45, 2.75) is 139 Å². The van der Waals surface area contributed by atoms with E-state index in [2.05, 4.69) is 62.4 Å². The number of aliphatic hydroxyl groups is 2. The number of β-amino-alcohol motifs (C(OH)–C–C–N with tert-alkyl or cyclic N) is 1. The minimum absolute atomic E-state index is 0.0391. The number of aliphatic hydroxyl groups excluding tert-OH is 2. The number of pyridine rings is 1. The Morgan fingerprint density at radius 1 is 0.855 bits per heavy atom. The largest absolute Gasteiger partial charge is 0.507 e. The lowest BCUT2D eigenvalue weighted by atomic mass is 9.91. The van der Waals surface area contributed by atoms with Crippen molar-refractivity contribution in [1.82, 2.24) is 40.4 Å². The van der Waals surface area contributed by atoms with Crippen LogP contribution in [0.25, 0.3) is 21.7 Å². The molecule has 20 nitrogen and oxygen atoms in total. The summed E-state index contributed by atoms with van der Waals surface area (Å²) in [5.41, 5.74) is 14.3. The Morgan fingerprint density at radius 2 is 1.61 bits per heavy atom. The Kier molecular flexibility index (Phi) is 16.9. The van der Waals surface area contributed by atoms with Gasteiger partial charge in [0.2, 0.25) is 17.7 Å². The summed E-state index contributed by atoms with van der Waals surface area (Å²) in [6.07, 6.45) is 9.93. The topological polar surface area (TPSA) is 245 Å². The lowest BCUT2D eigenvalue weighted by Gasteiger charge is -2.43. The van der Waals surface area contributed by atoms with Gasteiger partial charge in [-0.1, -0.05) is 55.4 Å². The van der Waals surface area contributed by atoms with E-state index in [9.17, 15) is 24.9 Å². The first-order valence-corrected chi connectivity index (χ1v) is 30.8. The molecule has 440 valence electrons. The number of piperazine rings is 1. The molecule has 6 aliphatic rings. The number of amides is 2. The van der Waals surface area contributed by atoms with Crippen LogP contribution in [0.15, 0.2) is 89.0 Å². The second-order valence-electron chi connectivity index (χ2n) is 24.1. The molecule has 2 bridgehead atoms. The van der Waals surface area contributed by atoms with Crippen LogP contribution in [0, 0.1) is 18.8 Å². The fourth-order valence-electron chi connectivity index (χ4n) is 13.7. The minimum Gasteiger partial charge on any atom is -0.507 e. The zero-order chi connectivity index (χ0) is 57.3. The molecule has 0 radical (unpaired) electrons. The van der Waals surface area contributed by atoms with Gasteiger partial charge in [0.15, 0.2) is 17.4 Å². The van der Waals surface area contributed by atoms with Crippen molar-refractivity contribution in [2.75, 3.05) is 79.4 Å². The van der Waals surface area contributed by atoms with Crippen LogP contribution in [0.4, 0.5) is 23.0 Å². The number of likely N-dealkylation sites (tertiary alicyclic amines) is 2. The number of nitrogen functional groups attached to an aromatic ring is 1. The number of aromatic hydroxyl groups is 1. The van der Waals surface area contributed by atoms with Gasteiger partial charge >= 0.3 is 0 Å². The van der Waals surface area contributed by atoms with E-state index in [0.717, 1.165) is 130 Å². The molecule has 2 amide bonds. The van der Waals surface area contributed by atoms with Gasteiger partial charge in [0.25, 0.3) is 0 Å². The number of thiazole rings is 1. The van der Waals surface area contributed by atoms with E-state index in [1.807, 2.05) is 81.0 Å². The molecule has 1 aliphatic carbocycles. The second-order valence-corrected chi connectivity index (χ2v) is 25.0. The number of hydrogen-bond acceptors (Lipinski definition) is 19. The number of phenolic OH excluding ortho intramolecular Hbond substituents is 1. The number of aryl methyl sites for hydroxylation is 1. The van der Waals surface area contributed by atoms with Crippen LogP contribution in [0.2, 0.25) is 0 Å². The molecule has 21 heteroatoms. The number of hydrogen-bond donors (Lipinski definition) is 5. The molecule has 12 rings (SSSR count). The maximum atomic E-state index is 14.5. The summed E-state index contributed by atoms with van der Waals surface area (Å²) in [6, 6.07) is 22.3. The van der Waals surface area contributed by atoms with Crippen molar-refractivity contribution in [3.63, 3.8) is 0 Å². The summed E-state index contributed by atoms with van der Waals surface area (Å²) in [5.74, 6) is 1.45. The number of carbonyl (C=O) groups excluding carboxylic acids is 2. The van der Waals surface area contributed by atoms with Crippen LogP contribution < -0.4 is 30.5 Å². The van der Waals surface area contributed by atoms with Crippen molar-refractivity contribution in [1.29, 1.82) is 0 Å². The highest BCUT2D eigenvalue weighted by atomic mass is 32.1. The molecule has 6 N–H and O–H groups in total. The van der Waals surface area contributed by atoms with E-state index >= 15 is 0 Å². The molecular weight excluding hydrogens is 1070 g/mol. The van der Waals surface area contributed by atoms with Crippen LogP contribution in [0.3, 0.4) is 0 Å². The molecule has 5 saturated heterocycles. The Labute approximate surface area is 489 Å². The average Bonchev–Trinajstić information content (AvgIpc) is 4.51. The van der Waals surface area contributed by atoms with Gasteiger partial charge < -0.3 is 64.9 Å². The van der Waals surface area contributed by atoms with E-state index in [-0.39, 0.29) is 61.4 Å². The summed E-state index contributed by atoms with van der Waals surface area (Å²) in [6.45, 7) is 12.2. The van der Waals surface area contributed by atoms with E-state index in [0.29, 0.717) is 59.0 Å². The molecule has 4 aromatic heterocycles. The number of rotatable bonds is 19. The van der Waals surface area contributed by atoms with Gasteiger partial charge in [0.05, 0.1) is 51.8 Å². The molecule has 6 aromatic rings. The van der Waals surface area contributed by atoms with E-state index in [1.54, 1.807) is 23.5 Å². The first-order chi connectivity index (χ1) is 40.3. The van der Waals surface area contributed by atoms with Crippen LogP contribution in [-0.2, 0) is 14.3 Å². The number of fused-ring (bicyclic) bond motifs is 2. The van der Waals surface area contributed by atoms with Crippen LogP contribution in [-0.4, -0.2) is 164 Å². The number of anilines is 4. The summed E-state index contributed by atoms with van der Waals surface area (Å²) in [5, 5.41) is 47.5. The lowest BCUT2D eigenvalue weighted by Crippen LogP contribution is -2.54. The SMILES string of the molecule is Cc1ncsc1-c1ccc([C@@H](CCO)NC(=O)[C@@H]2C[C@@H](O)CN2C(=O)[C@@H](c2cc(N3CCC(CN4CCC(O[C@H]5C[C@H](Oc6cc(N7C8CCC7CN(c7cc(-c9ccccc9O)nnc7N)C8)ccn6)C5)CC4)CC3)no2)C(C)C)cc1. The zero-order valence-electron chi connectivity index (χ0n) is 47.7. The van der Waals surface area contributed by atoms with Crippen LogP contribution in [0.1, 0.15) is 107 Å². The van der Waals surface area contributed by atoms with Gasteiger partial charge in [-0.3, -0.25) is 9.59 Å². The van der Waals surface area contributed by atoms with E-state index in [4.69, 9.17) is 19.7 Å². The molecule has 1 saturated carbocycles. The molecule has 83 heavy (non-hydrogen) atoms. The quantitative estimate of drug-likeness (QED) is 0.0532. The lowest BCUT2D eigenvalue weighted by molar-refractivity contribution is -0.141. The Bertz CT molecular complexity index is 3180. The Hall–Kier alpha value is -6.91. The number of aromatic nitrogens is 5. The Morgan fingerprint density at radius 3 is 2.33 bits per heavy atom. The maximum Gasteiger partial charge on any atom is 0.243 e. The predicted octanol–water partition coefficient (Wildman–Crippen LogP) is 7.35. The molecule has 6 atom stereocenters. The van der Waals surface area contributed by atoms with E-state index in [1.165, 1.54) is 4.90 Å². The first kappa shape index (κ1) is 56.6. The highest BCUT2D eigenvalue weighted by Gasteiger charge is 2.45. The smallest absolute Gasteiger partial charge is 0.243 e. The maximum absolute atomic E-state index is 14.5. The standard InChI is InChI=1S/C62H78N12O8S/c1-37(2)58(62(79)73-35-45(76)27-53(73)61(78)66-50(19-25-75)40-8-10-41(11-9-40)59-38(3)65-36-83-59)55-31-56(69-82-55)71-23-15-39(16-24-71)32-70-21-17-46(18-22-70)80-47-28-48(29-47)81-57-26-42(14-20-64-57)74-43-12-13-44(74)34-72(33-43)52-30-51(67-68-60(52)63)49-6-4-5-7-54(49)77/h4-11,14,20,26,30-31,36-37,39,43-48,50,53,58,75-77H,12-13,15-19,21-25,27-29,32-35H2,1-3H3,(H2,63,68)(H,66,78)/t43?,44?,45-,47-,48-,50-,53+,58-/m1/s1. The number of nitrogens with zero attached hydrogens (tertiary/aromatic N) is 10. The minimum atomic E-state index is -0.881. The number of benzene rings is 2. The van der Waals surface area contributed by atoms with Gasteiger partial charge in [-0.25, -0.2) is 9.97 Å². The third-order valence-electron chi connectivity index (χ3n) is 18.2. The van der Waals surface area contributed by atoms with Crippen molar-refractivity contribution in [2.24, 2.45) is 11.8 Å². The average molecular weight is 1150 g/mol. The third kappa shape index (κ3) is 12.4. The highest BCUT2D eigenvalue weighted by molar-refractivity contribution is 7.13. The van der Waals surface area contributed by atoms with Gasteiger partial charge in [-0.05, 0) is 99.1 Å². The van der Waals surface area contributed by atoms with Gasteiger partial charge in [0, 0.05) is 120 Å². The normalized spacial score (nSPS) is 24.1. The third-order valence-corrected chi connectivity index (χ3v) is 19.2. The van der Waals surface area contributed by atoms with Crippen molar-refractivity contribution in [3.05, 3.63) is 102 Å². The van der Waals surface area contributed by atoms with Gasteiger partial charge in [-0.2, -0.15) is 0 Å². The number of nitrogens with two attached hydrogens (primary N) is 1. The van der Waals surface area contributed by atoms with Crippen molar-refractivity contribution >= 4 is 46.2 Å². The molecule has 9 heterocycles. The summed E-state index contributed by atoms with van der Waals surface area (Å²) >= 11 is 1.57. The molecule has 2 aromatic carbocycles. The van der Waals surface area contributed by atoms with Gasteiger partial charge in [0.1, 0.15) is 23.8 Å². The predicted molar refractivity (Wildman–Crippen MR) is 317 cm³/mol. The molecule has 6 fully saturated rings. The Balaban J connectivity index is 0.569. The fourth-order valence-corrected chi connectivity index (χ4v) is 14.5. The number of para-hydroxylation sites is 1. The van der Waals surface area contributed by atoms with Crippen molar-refractivity contribution < 1.29 is 38.9 Å². The number of ether oxygens (including phenoxy) is 2. The second kappa shape index (κ2) is 24.7. The number of piperidine rings is 2. The number of carbonyl (C=O) groups is 2. The van der Waals surface area contributed by atoms with Gasteiger partial charge in [-0.15, -0.1) is 21.5 Å². The van der Waals surface area contributed by atoms with E-state index < -0.39 is 24.1 Å². The number of phenols is 1. The monoisotopic (exact) mass is 1150 g/mol. The highest BCUT2D eigenvalue weighted by Crippen LogP contribution is 2.41. The summed E-state index contributed by atoms with van der Waals surface area (Å²) < 4.78 is 19.1. The molecule has 0 spiro atoms. The zero-order valence-corrected chi connectivity index (χ0v) is 48.5. The molecule has 5 aliphatic heterocycles. The van der Waals surface area contributed by atoms with Crippen LogP contribution >= 0.6 is 11.3 Å². The van der Waals surface area contributed by atoms with Crippen LogP contribution in [0.5, 0.6) is 11.6 Å². The summed E-state index contributed by atoms with van der Waals surface area (Å²) in [4.78, 5) is 49.8. The first-order valence-electron chi connectivity index (χ1n) is 29.9. The fraction of sp³-hybridized carbons (Fsp3) is 0.532. The molecule has 2 unspecified atom stereocenters. The van der Waals surface area contributed by atoms with Crippen molar-refractivity contribution in [3.8, 4) is 33.3 Å². The number of nitrogens with one attached hydrogen (secondary N) is 1.